The molecule has 0 saturated carbocycles. The van der Waals surface area contributed by atoms with Crippen molar-refractivity contribution in [2.75, 3.05) is 13.2 Å². The quantitative estimate of drug-likeness (QED) is 0.280. The molecule has 0 N–H and O–H groups in total. The number of carbonyl (C=O) groups is 2. The van der Waals surface area contributed by atoms with Crippen LogP contribution in [0.3, 0.4) is 0 Å². The van der Waals surface area contributed by atoms with Gasteiger partial charge in [0.15, 0.2) is 23.1 Å². The van der Waals surface area contributed by atoms with E-state index in [4.69, 9.17) is 32.7 Å². The smallest absolute Gasteiger partial charge is 0.165 e. The van der Waals surface area contributed by atoms with Crippen molar-refractivity contribution in [2.45, 2.75) is 71.3 Å². The molecule has 5 nitrogen and oxygen atoms in total. The lowest BCUT2D eigenvalue weighted by molar-refractivity contribution is -0.117. The first-order valence-corrected chi connectivity index (χ1v) is 14.9. The molecule has 40 heavy (non-hydrogen) atoms. The Bertz CT molecular complexity index is 1380. The standard InChI is InChI=1S/C33H35Cl2NO4/c1-4-9-20-16-22(17-29(39-6-3)33(20)40-19-21-14-15-23(34)18-24(21)35)30-31-25(10-7-12-27(31)37)36(5-2)26-11-8-13-28(38)32(26)30/h4,14-18,30H,1,5-13,19H2,2-3H3. The van der Waals surface area contributed by atoms with E-state index in [1.807, 2.05) is 25.1 Å². The zero-order chi connectivity index (χ0) is 28.4. The highest BCUT2D eigenvalue weighted by molar-refractivity contribution is 6.35. The van der Waals surface area contributed by atoms with Crippen LogP contribution in [0.25, 0.3) is 0 Å². The number of nitrogens with zero attached hydrogens (tertiary/aromatic N) is 1. The van der Waals surface area contributed by atoms with Crippen molar-refractivity contribution in [3.63, 3.8) is 0 Å². The summed E-state index contributed by atoms with van der Waals surface area (Å²) >= 11 is 12.5. The van der Waals surface area contributed by atoms with E-state index in [0.29, 0.717) is 47.4 Å². The predicted octanol–water partition coefficient (Wildman–Crippen LogP) is 8.13. The summed E-state index contributed by atoms with van der Waals surface area (Å²) in [5.74, 6) is 1.05. The van der Waals surface area contributed by atoms with Gasteiger partial charge in [-0.25, -0.2) is 0 Å². The number of hydrogen-bond acceptors (Lipinski definition) is 5. The van der Waals surface area contributed by atoms with Crippen molar-refractivity contribution in [1.29, 1.82) is 0 Å². The molecular formula is C33H35Cl2NO4. The molecule has 0 radical (unpaired) electrons. The predicted molar refractivity (Wildman–Crippen MR) is 159 cm³/mol. The summed E-state index contributed by atoms with van der Waals surface area (Å²) in [7, 11) is 0. The summed E-state index contributed by atoms with van der Waals surface area (Å²) in [5, 5.41) is 1.09. The van der Waals surface area contributed by atoms with Gasteiger partial charge in [0.1, 0.15) is 6.61 Å². The van der Waals surface area contributed by atoms with Gasteiger partial charge in [0.05, 0.1) is 6.61 Å². The van der Waals surface area contributed by atoms with Gasteiger partial charge in [0.2, 0.25) is 0 Å². The zero-order valence-corrected chi connectivity index (χ0v) is 24.7. The zero-order valence-electron chi connectivity index (χ0n) is 23.2. The van der Waals surface area contributed by atoms with Gasteiger partial charge in [0, 0.05) is 69.0 Å². The average Bonchev–Trinajstić information content (AvgIpc) is 2.93. The van der Waals surface area contributed by atoms with Crippen molar-refractivity contribution in [1.82, 2.24) is 4.90 Å². The summed E-state index contributed by atoms with van der Waals surface area (Å²) in [6, 6.07) is 9.35. The molecular weight excluding hydrogens is 545 g/mol. The molecule has 0 saturated heterocycles. The van der Waals surface area contributed by atoms with Gasteiger partial charge in [-0.15, -0.1) is 6.58 Å². The highest BCUT2D eigenvalue weighted by Gasteiger charge is 2.43. The third kappa shape index (κ3) is 5.34. The Morgan fingerprint density at radius 3 is 2.17 bits per heavy atom. The van der Waals surface area contributed by atoms with Crippen LogP contribution in [0, 0.1) is 0 Å². The van der Waals surface area contributed by atoms with E-state index >= 15 is 0 Å². The lowest BCUT2D eigenvalue weighted by atomic mass is 9.70. The first-order valence-electron chi connectivity index (χ1n) is 14.1. The van der Waals surface area contributed by atoms with Crippen LogP contribution in [0.5, 0.6) is 11.5 Å². The van der Waals surface area contributed by atoms with E-state index in [0.717, 1.165) is 71.5 Å². The minimum atomic E-state index is -0.407. The Hall–Kier alpha value is -3.02. The number of ether oxygens (including phenoxy) is 2. The first kappa shape index (κ1) is 28.5. The topological polar surface area (TPSA) is 55.8 Å². The fourth-order valence-electron chi connectivity index (χ4n) is 6.30. The van der Waals surface area contributed by atoms with E-state index in [1.54, 1.807) is 12.1 Å². The van der Waals surface area contributed by atoms with Crippen LogP contribution in [-0.2, 0) is 22.6 Å². The molecule has 0 amide bonds. The van der Waals surface area contributed by atoms with Gasteiger partial charge < -0.3 is 14.4 Å². The highest BCUT2D eigenvalue weighted by atomic mass is 35.5. The minimum absolute atomic E-state index is 0.135. The number of ketones is 2. The second-order valence-corrected chi connectivity index (χ2v) is 11.3. The molecule has 1 heterocycles. The number of Topliss-reactive ketones (excluding diaryl/α,β-unsaturated/α-hetero) is 2. The molecule has 0 unspecified atom stereocenters. The van der Waals surface area contributed by atoms with E-state index < -0.39 is 5.92 Å². The summed E-state index contributed by atoms with van der Waals surface area (Å²) in [5.41, 5.74) is 6.29. The van der Waals surface area contributed by atoms with Crippen molar-refractivity contribution in [3.8, 4) is 11.5 Å². The highest BCUT2D eigenvalue weighted by Crippen LogP contribution is 2.50. The van der Waals surface area contributed by atoms with Crippen LogP contribution in [0.2, 0.25) is 10.0 Å². The maximum absolute atomic E-state index is 13.5. The van der Waals surface area contributed by atoms with E-state index in [-0.39, 0.29) is 18.2 Å². The van der Waals surface area contributed by atoms with Crippen LogP contribution in [0.4, 0.5) is 0 Å². The number of allylic oxidation sites excluding steroid dienone is 5. The number of rotatable bonds is 9. The molecule has 2 aliphatic carbocycles. The molecule has 5 rings (SSSR count). The molecule has 7 heteroatoms. The minimum Gasteiger partial charge on any atom is -0.490 e. The fraction of sp³-hybridized carbons (Fsp3) is 0.394. The molecule has 0 atom stereocenters. The summed E-state index contributed by atoms with van der Waals surface area (Å²) in [6.07, 6.45) is 6.73. The number of carbonyl (C=O) groups excluding carboxylic acids is 2. The normalized spacial score (nSPS) is 17.6. The molecule has 2 aromatic carbocycles. The average molecular weight is 581 g/mol. The summed E-state index contributed by atoms with van der Waals surface area (Å²) in [4.78, 5) is 29.3. The second kappa shape index (κ2) is 12.2. The molecule has 3 aliphatic rings. The van der Waals surface area contributed by atoms with Gasteiger partial charge >= 0.3 is 0 Å². The monoisotopic (exact) mass is 579 g/mol. The molecule has 210 valence electrons. The third-order valence-electron chi connectivity index (χ3n) is 7.94. The third-order valence-corrected chi connectivity index (χ3v) is 8.53. The lowest BCUT2D eigenvalue weighted by Crippen LogP contribution is -2.39. The van der Waals surface area contributed by atoms with Crippen LogP contribution >= 0.6 is 23.2 Å². The van der Waals surface area contributed by atoms with Gasteiger partial charge in [0.25, 0.3) is 0 Å². The summed E-state index contributed by atoms with van der Waals surface area (Å²) in [6.45, 7) is 9.41. The molecule has 1 aliphatic heterocycles. The molecule has 0 fully saturated rings. The largest absolute Gasteiger partial charge is 0.490 e. The molecule has 2 aromatic rings. The van der Waals surface area contributed by atoms with Crippen molar-refractivity contribution in [3.05, 3.63) is 92.3 Å². The number of halogens is 2. The van der Waals surface area contributed by atoms with E-state index in [2.05, 4.69) is 24.5 Å². The second-order valence-electron chi connectivity index (χ2n) is 10.4. The molecule has 0 aromatic heterocycles. The van der Waals surface area contributed by atoms with E-state index in [1.165, 1.54) is 0 Å². The molecule has 0 bridgehead atoms. The molecule has 0 spiro atoms. The van der Waals surface area contributed by atoms with Crippen molar-refractivity contribution >= 4 is 34.8 Å². The van der Waals surface area contributed by atoms with Gasteiger partial charge in [-0.3, -0.25) is 9.59 Å². The SMILES string of the molecule is C=CCc1cc(C2C3=C(CCCC3=O)N(CC)C3=C2C(=O)CCC3)cc(OCC)c1OCc1ccc(Cl)cc1Cl. The Balaban J connectivity index is 1.65. The van der Waals surface area contributed by atoms with E-state index in [9.17, 15) is 9.59 Å². The van der Waals surface area contributed by atoms with Crippen LogP contribution in [0.15, 0.2) is 65.5 Å². The van der Waals surface area contributed by atoms with Crippen LogP contribution < -0.4 is 9.47 Å². The fourth-order valence-corrected chi connectivity index (χ4v) is 6.77. The van der Waals surface area contributed by atoms with Crippen LogP contribution in [-0.4, -0.2) is 29.6 Å². The van der Waals surface area contributed by atoms with Crippen LogP contribution in [0.1, 0.15) is 75.0 Å². The van der Waals surface area contributed by atoms with Gasteiger partial charge in [-0.05, 0) is 69.7 Å². The van der Waals surface area contributed by atoms with Gasteiger partial charge in [-0.2, -0.15) is 0 Å². The Labute approximate surface area is 246 Å². The summed E-state index contributed by atoms with van der Waals surface area (Å²) < 4.78 is 12.5. The number of hydrogen-bond donors (Lipinski definition) is 0. The maximum atomic E-state index is 13.5. The lowest BCUT2D eigenvalue weighted by Gasteiger charge is -2.43. The Morgan fingerprint density at radius 2 is 1.60 bits per heavy atom. The van der Waals surface area contributed by atoms with Crippen molar-refractivity contribution < 1.29 is 19.1 Å². The Kier molecular flexibility index (Phi) is 8.72. The number of benzene rings is 2. The van der Waals surface area contributed by atoms with Gasteiger partial charge in [-0.1, -0.05) is 41.4 Å². The van der Waals surface area contributed by atoms with Crippen molar-refractivity contribution in [2.24, 2.45) is 0 Å². The maximum Gasteiger partial charge on any atom is 0.165 e. The first-order chi connectivity index (χ1) is 19.4. The Morgan fingerprint density at radius 1 is 0.925 bits per heavy atom.